The number of benzene rings is 2. The molecule has 0 bridgehead atoms. The Morgan fingerprint density at radius 2 is 1.55 bits per heavy atom. The summed E-state index contributed by atoms with van der Waals surface area (Å²) in [7, 11) is 0. The van der Waals surface area contributed by atoms with Gasteiger partial charge in [0, 0.05) is 30.8 Å². The van der Waals surface area contributed by atoms with Crippen molar-refractivity contribution in [2.45, 2.75) is 71.3 Å². The van der Waals surface area contributed by atoms with E-state index in [-0.39, 0.29) is 47.6 Å². The fraction of sp³-hybridized carbons (Fsp3) is 0.486. The SMILES string of the molecule is CC(C)[C@H](NC(=O)[C@@H]1CCCN1C(=O)[C@@H](NC(=O)c1ccc(C(=O)N2CCOCC2)cc1)C(C)C)C(=O)c1noc(Cc2cccc(C(F)(F)F)c2)n1. The minimum absolute atomic E-state index is 0.0757. The Morgan fingerprint density at radius 3 is 2.19 bits per heavy atom. The number of carbonyl (C=O) groups is 5. The second-order valence-electron chi connectivity index (χ2n) is 13.8. The Morgan fingerprint density at radius 1 is 0.887 bits per heavy atom. The van der Waals surface area contributed by atoms with Crippen LogP contribution in [0.2, 0.25) is 0 Å². The molecule has 0 radical (unpaired) electrons. The molecule has 1 aromatic heterocycles. The van der Waals surface area contributed by atoms with Gasteiger partial charge in [0.15, 0.2) is 0 Å². The van der Waals surface area contributed by atoms with E-state index in [9.17, 15) is 37.1 Å². The Balaban J connectivity index is 1.22. The minimum Gasteiger partial charge on any atom is -0.378 e. The number of hydrogen-bond donors (Lipinski definition) is 2. The van der Waals surface area contributed by atoms with Gasteiger partial charge in [-0.05, 0) is 60.6 Å². The predicted octanol–water partition coefficient (Wildman–Crippen LogP) is 3.92. The van der Waals surface area contributed by atoms with Gasteiger partial charge in [0.25, 0.3) is 11.8 Å². The van der Waals surface area contributed by atoms with Gasteiger partial charge in [0.05, 0.1) is 31.2 Å². The first-order valence-corrected chi connectivity index (χ1v) is 17.6. The van der Waals surface area contributed by atoms with Gasteiger partial charge in [-0.2, -0.15) is 18.2 Å². The standard InChI is InChI=1S/C37H43F3N6O7/c1-21(2)29(31(47)32-41-28(53-44-32)20-23-7-5-8-26(19-23)37(38,39)40)42-34(49)27-9-6-14-46(27)36(51)30(22(3)4)43-33(48)24-10-12-25(13-11-24)35(50)45-15-17-52-18-16-45/h5,7-8,10-13,19,21-22,27,29-30H,6,9,14-18,20H2,1-4H3,(H,42,49)(H,43,48)/t27-,29-,30-/m0/s1. The number of carbonyl (C=O) groups excluding carboxylic acids is 5. The monoisotopic (exact) mass is 740 g/mol. The van der Waals surface area contributed by atoms with Crippen molar-refractivity contribution in [3.63, 3.8) is 0 Å². The molecule has 3 heterocycles. The molecule has 53 heavy (non-hydrogen) atoms. The number of halogens is 3. The van der Waals surface area contributed by atoms with Crippen molar-refractivity contribution in [1.29, 1.82) is 0 Å². The van der Waals surface area contributed by atoms with Crippen LogP contribution >= 0.6 is 0 Å². The number of Topliss-reactive ketones (excluding diaryl/α,β-unsaturated/α-hetero) is 1. The van der Waals surface area contributed by atoms with E-state index in [0.717, 1.165) is 12.1 Å². The highest BCUT2D eigenvalue weighted by molar-refractivity contribution is 6.02. The van der Waals surface area contributed by atoms with Crippen LogP contribution in [0.3, 0.4) is 0 Å². The van der Waals surface area contributed by atoms with Crippen LogP contribution in [0.15, 0.2) is 53.1 Å². The summed E-state index contributed by atoms with van der Waals surface area (Å²) in [6.07, 6.45) is -3.82. The van der Waals surface area contributed by atoms with E-state index in [1.54, 1.807) is 44.7 Å². The molecule has 2 aromatic carbocycles. The topological polar surface area (TPSA) is 164 Å². The zero-order valence-corrected chi connectivity index (χ0v) is 29.9. The fourth-order valence-corrected chi connectivity index (χ4v) is 6.32. The van der Waals surface area contributed by atoms with Gasteiger partial charge in [0.2, 0.25) is 29.3 Å². The molecule has 0 spiro atoms. The molecule has 2 aliphatic rings. The largest absolute Gasteiger partial charge is 0.416 e. The lowest BCUT2D eigenvalue weighted by Gasteiger charge is -2.31. The lowest BCUT2D eigenvalue weighted by Crippen LogP contribution is -2.57. The van der Waals surface area contributed by atoms with Crippen molar-refractivity contribution in [2.75, 3.05) is 32.8 Å². The molecule has 0 saturated carbocycles. The summed E-state index contributed by atoms with van der Waals surface area (Å²) in [4.78, 5) is 74.3. The quantitative estimate of drug-likeness (QED) is 0.262. The number of nitrogens with zero attached hydrogens (tertiary/aromatic N) is 4. The first-order chi connectivity index (χ1) is 25.1. The molecular weight excluding hydrogens is 697 g/mol. The zero-order valence-electron chi connectivity index (χ0n) is 29.9. The molecule has 2 saturated heterocycles. The number of ether oxygens (including phenoxy) is 1. The van der Waals surface area contributed by atoms with E-state index in [2.05, 4.69) is 20.8 Å². The Bertz CT molecular complexity index is 1800. The van der Waals surface area contributed by atoms with Crippen LogP contribution in [0, 0.1) is 11.8 Å². The number of hydrogen-bond acceptors (Lipinski definition) is 9. The van der Waals surface area contributed by atoms with Crippen LogP contribution < -0.4 is 10.6 Å². The number of nitrogens with one attached hydrogen (secondary N) is 2. The van der Waals surface area contributed by atoms with Crippen LogP contribution in [0.4, 0.5) is 13.2 Å². The van der Waals surface area contributed by atoms with Crippen LogP contribution in [-0.4, -0.2) is 100 Å². The third-order valence-electron chi connectivity index (χ3n) is 9.30. The van der Waals surface area contributed by atoms with E-state index in [1.807, 2.05) is 0 Å². The summed E-state index contributed by atoms with van der Waals surface area (Å²) in [5.41, 5.74) is 0.111. The summed E-state index contributed by atoms with van der Waals surface area (Å²) in [5.74, 6) is -3.54. The molecule has 3 aromatic rings. The molecule has 2 N–H and O–H groups in total. The first kappa shape index (κ1) is 39.1. The van der Waals surface area contributed by atoms with Gasteiger partial charge in [-0.1, -0.05) is 51.1 Å². The van der Waals surface area contributed by atoms with Crippen LogP contribution in [0.1, 0.15) is 88.9 Å². The van der Waals surface area contributed by atoms with Gasteiger partial charge in [-0.3, -0.25) is 24.0 Å². The molecule has 13 nitrogen and oxygen atoms in total. The maximum Gasteiger partial charge on any atom is 0.416 e. The zero-order chi connectivity index (χ0) is 38.4. The van der Waals surface area contributed by atoms with Gasteiger partial charge in [-0.25, -0.2) is 0 Å². The van der Waals surface area contributed by atoms with Gasteiger partial charge >= 0.3 is 6.18 Å². The first-order valence-electron chi connectivity index (χ1n) is 17.6. The third-order valence-corrected chi connectivity index (χ3v) is 9.30. The summed E-state index contributed by atoms with van der Waals surface area (Å²) in [5, 5.41) is 9.27. The molecule has 3 atom stereocenters. The molecule has 0 aliphatic carbocycles. The number of alkyl halides is 3. The predicted molar refractivity (Wildman–Crippen MR) is 184 cm³/mol. The fourth-order valence-electron chi connectivity index (χ4n) is 6.32. The minimum atomic E-state index is -4.53. The van der Waals surface area contributed by atoms with Crippen molar-refractivity contribution in [3.8, 4) is 0 Å². The van der Waals surface area contributed by atoms with Crippen LogP contribution in [0.25, 0.3) is 0 Å². The highest BCUT2D eigenvalue weighted by Gasteiger charge is 2.41. The molecule has 5 rings (SSSR count). The average Bonchev–Trinajstić information content (AvgIpc) is 3.82. The Hall–Kier alpha value is -5.12. The number of aromatic nitrogens is 2. The number of amides is 4. The molecule has 284 valence electrons. The van der Waals surface area contributed by atoms with Crippen molar-refractivity contribution in [1.82, 2.24) is 30.6 Å². The van der Waals surface area contributed by atoms with Gasteiger partial charge in [0.1, 0.15) is 12.1 Å². The van der Waals surface area contributed by atoms with Gasteiger partial charge in [-0.15, -0.1) is 0 Å². The van der Waals surface area contributed by atoms with Crippen LogP contribution in [0.5, 0.6) is 0 Å². The van der Waals surface area contributed by atoms with E-state index >= 15 is 0 Å². The van der Waals surface area contributed by atoms with E-state index in [0.29, 0.717) is 44.7 Å². The molecule has 2 fully saturated rings. The highest BCUT2D eigenvalue weighted by Crippen LogP contribution is 2.30. The summed E-state index contributed by atoms with van der Waals surface area (Å²) in [6.45, 7) is 9.12. The molecule has 0 unspecified atom stereocenters. The van der Waals surface area contributed by atoms with Crippen molar-refractivity contribution >= 4 is 29.4 Å². The lowest BCUT2D eigenvalue weighted by molar-refractivity contribution is -0.140. The smallest absolute Gasteiger partial charge is 0.378 e. The Kier molecular flexibility index (Phi) is 12.3. The summed E-state index contributed by atoms with van der Waals surface area (Å²) in [6, 6.07) is 7.83. The highest BCUT2D eigenvalue weighted by atomic mass is 19.4. The molecular formula is C37H43F3N6O7. The molecule has 2 aliphatic heterocycles. The summed E-state index contributed by atoms with van der Waals surface area (Å²) < 4.78 is 49.9. The second kappa shape index (κ2) is 16.7. The van der Waals surface area contributed by atoms with Gasteiger partial charge < -0.3 is 29.7 Å². The van der Waals surface area contributed by atoms with Crippen molar-refractivity contribution in [3.05, 3.63) is 82.5 Å². The number of ketones is 1. The van der Waals surface area contributed by atoms with Crippen LogP contribution in [-0.2, 0) is 26.9 Å². The number of likely N-dealkylation sites (tertiary alicyclic amines) is 1. The third kappa shape index (κ3) is 9.47. The number of rotatable bonds is 12. The van der Waals surface area contributed by atoms with Crippen molar-refractivity contribution in [2.24, 2.45) is 11.8 Å². The average molecular weight is 741 g/mol. The maximum atomic E-state index is 13.9. The van der Waals surface area contributed by atoms with E-state index in [1.165, 1.54) is 29.2 Å². The van der Waals surface area contributed by atoms with E-state index < -0.39 is 59.3 Å². The number of morpholine rings is 1. The normalized spacial score (nSPS) is 17.5. The molecule has 4 amide bonds. The van der Waals surface area contributed by atoms with Crippen molar-refractivity contribution < 1.29 is 46.4 Å². The second-order valence-corrected chi connectivity index (χ2v) is 13.8. The van der Waals surface area contributed by atoms with E-state index in [4.69, 9.17) is 9.26 Å². The Labute approximate surface area is 304 Å². The lowest BCUT2D eigenvalue weighted by atomic mass is 9.98. The summed E-state index contributed by atoms with van der Waals surface area (Å²) >= 11 is 0. The maximum absolute atomic E-state index is 13.9. The molecule has 16 heteroatoms.